The average Bonchev–Trinajstić information content (AvgIpc) is 2.36. The first-order chi connectivity index (χ1) is 8.19. The molecular formula is C13H20O4S. The fourth-order valence-electron chi connectivity index (χ4n) is 1.87. The Kier molecular flexibility index (Phi) is 4.99. The first-order valence-corrected chi connectivity index (χ1v) is 6.54. The summed E-state index contributed by atoms with van der Waals surface area (Å²) in [6, 6.07) is 0. The van der Waals surface area contributed by atoms with Crippen molar-refractivity contribution in [3.8, 4) is 0 Å². The van der Waals surface area contributed by atoms with E-state index in [0.29, 0.717) is 5.92 Å². The van der Waals surface area contributed by atoms with Gasteiger partial charge in [-0.25, -0.2) is 4.79 Å². The summed E-state index contributed by atoms with van der Waals surface area (Å²) < 4.78 is 10.3. The molecule has 0 saturated carbocycles. The van der Waals surface area contributed by atoms with Crippen LogP contribution in [0.25, 0.3) is 0 Å². The van der Waals surface area contributed by atoms with Crippen LogP contribution in [0.15, 0.2) is 0 Å². The molecule has 1 heterocycles. The van der Waals surface area contributed by atoms with Gasteiger partial charge in [-0.2, -0.15) is 0 Å². The molecule has 0 amide bonds. The standard InChI is InChI=1S/C13H20O4S/c1-8(2)5-10(18)6-9(14)7-11-12(15)17-13(3,4)16-11/h8,11H,5-7H2,1-4H3/t11-/m1/s1. The number of carbonyl (C=O) groups excluding carboxylic acids is 2. The van der Waals surface area contributed by atoms with E-state index in [1.165, 1.54) is 0 Å². The predicted octanol–water partition coefficient (Wildman–Crippen LogP) is 2.43. The Hall–Kier alpha value is -0.810. The van der Waals surface area contributed by atoms with Crippen molar-refractivity contribution >= 4 is 28.8 Å². The number of Topliss-reactive ketones (excluding diaryl/α,β-unsaturated/α-hetero) is 1. The van der Waals surface area contributed by atoms with E-state index in [4.69, 9.17) is 21.7 Å². The number of hydrogen-bond donors (Lipinski definition) is 0. The zero-order valence-corrected chi connectivity index (χ0v) is 12.1. The largest absolute Gasteiger partial charge is 0.432 e. The Bertz CT molecular complexity index is 360. The highest BCUT2D eigenvalue weighted by atomic mass is 32.1. The average molecular weight is 272 g/mol. The quantitative estimate of drug-likeness (QED) is 0.549. The molecule has 5 heteroatoms. The maximum absolute atomic E-state index is 11.8. The first kappa shape index (κ1) is 15.2. The van der Waals surface area contributed by atoms with Crippen LogP contribution < -0.4 is 0 Å². The van der Waals surface area contributed by atoms with Gasteiger partial charge in [0.2, 0.25) is 5.79 Å². The first-order valence-electron chi connectivity index (χ1n) is 6.13. The van der Waals surface area contributed by atoms with Gasteiger partial charge in [0, 0.05) is 31.6 Å². The molecule has 1 atom stereocenters. The molecule has 4 nitrogen and oxygen atoms in total. The summed E-state index contributed by atoms with van der Waals surface area (Å²) in [5.41, 5.74) is 0. The fraction of sp³-hybridized carbons (Fsp3) is 0.769. The summed E-state index contributed by atoms with van der Waals surface area (Å²) in [6.07, 6.45) is 0.249. The van der Waals surface area contributed by atoms with Gasteiger partial charge in [-0.05, 0) is 12.3 Å². The minimum atomic E-state index is -0.930. The predicted molar refractivity (Wildman–Crippen MR) is 71.3 cm³/mol. The van der Waals surface area contributed by atoms with E-state index in [-0.39, 0.29) is 18.6 Å². The van der Waals surface area contributed by atoms with E-state index in [0.717, 1.165) is 11.3 Å². The Morgan fingerprint density at radius 2 is 2.06 bits per heavy atom. The molecule has 1 rings (SSSR count). The molecule has 0 aromatic carbocycles. The molecular weight excluding hydrogens is 252 g/mol. The number of ether oxygens (including phenoxy) is 2. The molecule has 0 unspecified atom stereocenters. The van der Waals surface area contributed by atoms with Gasteiger partial charge in [0.1, 0.15) is 5.78 Å². The zero-order valence-electron chi connectivity index (χ0n) is 11.3. The zero-order chi connectivity index (χ0) is 13.9. The van der Waals surface area contributed by atoms with Gasteiger partial charge < -0.3 is 9.47 Å². The van der Waals surface area contributed by atoms with E-state index < -0.39 is 17.9 Å². The molecule has 18 heavy (non-hydrogen) atoms. The number of esters is 1. The highest BCUT2D eigenvalue weighted by Gasteiger charge is 2.41. The molecule has 0 spiro atoms. The van der Waals surface area contributed by atoms with Crippen molar-refractivity contribution in [3.63, 3.8) is 0 Å². The molecule has 0 radical (unpaired) electrons. The Morgan fingerprint density at radius 1 is 1.44 bits per heavy atom. The molecule has 1 saturated heterocycles. The van der Waals surface area contributed by atoms with Crippen molar-refractivity contribution in [2.24, 2.45) is 5.92 Å². The number of rotatable bonds is 6. The smallest absolute Gasteiger partial charge is 0.338 e. The molecule has 0 aliphatic carbocycles. The van der Waals surface area contributed by atoms with Crippen LogP contribution >= 0.6 is 12.2 Å². The monoisotopic (exact) mass is 272 g/mol. The summed E-state index contributed by atoms with van der Waals surface area (Å²) >= 11 is 5.14. The van der Waals surface area contributed by atoms with Crippen molar-refractivity contribution in [3.05, 3.63) is 0 Å². The van der Waals surface area contributed by atoms with Crippen LogP contribution in [-0.2, 0) is 19.1 Å². The van der Waals surface area contributed by atoms with Gasteiger partial charge in [-0.1, -0.05) is 26.1 Å². The summed E-state index contributed by atoms with van der Waals surface area (Å²) in [6.45, 7) is 7.41. The second-order valence-corrected chi connectivity index (χ2v) is 6.06. The van der Waals surface area contributed by atoms with E-state index in [9.17, 15) is 9.59 Å². The Labute approximate surface area is 113 Å². The topological polar surface area (TPSA) is 52.6 Å². The third kappa shape index (κ3) is 4.82. The second kappa shape index (κ2) is 5.89. The lowest BCUT2D eigenvalue weighted by Gasteiger charge is -2.15. The summed E-state index contributed by atoms with van der Waals surface area (Å²) in [4.78, 5) is 24.0. The molecule has 102 valence electrons. The van der Waals surface area contributed by atoms with Crippen LogP contribution in [0, 0.1) is 5.92 Å². The number of carbonyl (C=O) groups is 2. The number of thiocarbonyl (C=S) groups is 1. The fourth-order valence-corrected chi connectivity index (χ4v) is 2.37. The van der Waals surface area contributed by atoms with Crippen LogP contribution in [0.5, 0.6) is 0 Å². The number of cyclic esters (lactones) is 1. The normalized spacial score (nSPS) is 22.1. The third-order valence-electron chi connectivity index (χ3n) is 2.48. The van der Waals surface area contributed by atoms with Crippen molar-refractivity contribution in [1.29, 1.82) is 0 Å². The van der Waals surface area contributed by atoms with E-state index in [1.807, 2.05) is 0 Å². The molecule has 0 aromatic rings. The maximum Gasteiger partial charge on any atom is 0.338 e. The van der Waals surface area contributed by atoms with E-state index in [1.54, 1.807) is 13.8 Å². The van der Waals surface area contributed by atoms with Crippen molar-refractivity contribution < 1.29 is 19.1 Å². The van der Waals surface area contributed by atoms with Gasteiger partial charge in [0.25, 0.3) is 0 Å². The molecule has 0 bridgehead atoms. The van der Waals surface area contributed by atoms with Crippen molar-refractivity contribution in [2.45, 2.75) is 58.8 Å². The van der Waals surface area contributed by atoms with Gasteiger partial charge in [0.05, 0.1) is 0 Å². The summed E-state index contributed by atoms with van der Waals surface area (Å²) in [5, 5.41) is 0. The minimum Gasteiger partial charge on any atom is -0.432 e. The highest BCUT2D eigenvalue weighted by Crippen LogP contribution is 2.25. The highest BCUT2D eigenvalue weighted by molar-refractivity contribution is 7.80. The molecule has 1 aliphatic rings. The Morgan fingerprint density at radius 3 is 2.50 bits per heavy atom. The lowest BCUT2D eigenvalue weighted by molar-refractivity contribution is -0.160. The second-order valence-electron chi connectivity index (χ2n) is 5.48. The lowest BCUT2D eigenvalue weighted by atomic mass is 10.0. The summed E-state index contributed by atoms with van der Waals surface area (Å²) in [7, 11) is 0. The number of ketones is 1. The van der Waals surface area contributed by atoms with Gasteiger partial charge >= 0.3 is 5.97 Å². The molecule has 0 N–H and O–H groups in total. The van der Waals surface area contributed by atoms with Gasteiger partial charge in [-0.15, -0.1) is 0 Å². The van der Waals surface area contributed by atoms with Crippen LogP contribution in [0.4, 0.5) is 0 Å². The SMILES string of the molecule is CC(C)CC(=S)CC(=O)C[C@H]1OC(C)(C)OC1=O. The van der Waals surface area contributed by atoms with Gasteiger partial charge in [-0.3, -0.25) is 4.79 Å². The molecule has 0 aromatic heterocycles. The minimum absolute atomic E-state index is 0.0422. The summed E-state index contributed by atoms with van der Waals surface area (Å²) in [5.74, 6) is -1.03. The van der Waals surface area contributed by atoms with E-state index in [2.05, 4.69) is 13.8 Å². The van der Waals surface area contributed by atoms with Crippen LogP contribution in [0.2, 0.25) is 0 Å². The van der Waals surface area contributed by atoms with Gasteiger partial charge in [0.15, 0.2) is 6.10 Å². The van der Waals surface area contributed by atoms with Crippen molar-refractivity contribution in [2.75, 3.05) is 0 Å². The Balaban J connectivity index is 2.42. The third-order valence-corrected chi connectivity index (χ3v) is 2.79. The lowest BCUT2D eigenvalue weighted by Crippen LogP contribution is -2.24. The maximum atomic E-state index is 11.8. The molecule has 1 fully saturated rings. The molecule has 1 aliphatic heterocycles. The van der Waals surface area contributed by atoms with E-state index >= 15 is 0 Å². The van der Waals surface area contributed by atoms with Crippen LogP contribution in [0.1, 0.15) is 47.0 Å². The van der Waals surface area contributed by atoms with Crippen LogP contribution in [-0.4, -0.2) is 28.5 Å². The van der Waals surface area contributed by atoms with Crippen molar-refractivity contribution in [1.82, 2.24) is 0 Å². The van der Waals surface area contributed by atoms with Crippen LogP contribution in [0.3, 0.4) is 0 Å². The number of hydrogen-bond acceptors (Lipinski definition) is 5.